The molecule has 1 aromatic carbocycles. The van der Waals surface area contributed by atoms with Gasteiger partial charge in [-0.25, -0.2) is 8.42 Å². The van der Waals surface area contributed by atoms with Crippen LogP contribution in [0.25, 0.3) is 0 Å². The molecule has 0 aromatic heterocycles. The number of sulfone groups is 1. The number of hydrogen-bond acceptors (Lipinski definition) is 5. The smallest absolute Gasteiger partial charge is 0.239 e. The van der Waals surface area contributed by atoms with Crippen LogP contribution in [0.4, 0.5) is 0 Å². The third-order valence-corrected chi connectivity index (χ3v) is 4.58. The van der Waals surface area contributed by atoms with Crippen LogP contribution in [-0.2, 0) is 14.6 Å². The molecule has 7 heteroatoms. The summed E-state index contributed by atoms with van der Waals surface area (Å²) in [5, 5.41) is 0. The Balaban J connectivity index is 2.36. The van der Waals surface area contributed by atoms with E-state index < -0.39 is 15.9 Å². The lowest BCUT2D eigenvalue weighted by molar-refractivity contribution is -0.131. The lowest BCUT2D eigenvalue weighted by Gasteiger charge is -2.21. The predicted octanol–water partition coefficient (Wildman–Crippen LogP) is 1.44. The molecule has 0 fully saturated rings. The van der Waals surface area contributed by atoms with E-state index in [1.807, 2.05) is 6.92 Å². The second kappa shape index (κ2) is 8.88. The van der Waals surface area contributed by atoms with Crippen molar-refractivity contribution in [3.8, 4) is 5.75 Å². The minimum atomic E-state index is -3.19. The Morgan fingerprint density at radius 3 is 2.43 bits per heavy atom. The molecule has 1 rings (SSSR count). The highest BCUT2D eigenvalue weighted by molar-refractivity contribution is 7.90. The quantitative estimate of drug-likeness (QED) is 0.686. The van der Waals surface area contributed by atoms with E-state index in [9.17, 15) is 13.2 Å². The van der Waals surface area contributed by atoms with Crippen LogP contribution in [0, 0.1) is 0 Å². The van der Waals surface area contributed by atoms with E-state index in [2.05, 4.69) is 0 Å². The Morgan fingerprint density at radius 1 is 1.30 bits per heavy atom. The summed E-state index contributed by atoms with van der Waals surface area (Å²) in [5.41, 5.74) is 5.80. The van der Waals surface area contributed by atoms with E-state index in [0.717, 1.165) is 6.42 Å². The second-order valence-corrected chi connectivity index (χ2v) is 7.62. The van der Waals surface area contributed by atoms with Gasteiger partial charge in [-0.3, -0.25) is 4.79 Å². The molecule has 0 radical (unpaired) electrons. The Kier molecular flexibility index (Phi) is 7.51. The zero-order chi connectivity index (χ0) is 17.5. The third kappa shape index (κ3) is 6.58. The molecule has 1 unspecified atom stereocenters. The molecule has 0 aliphatic heterocycles. The number of rotatable bonds is 9. The first kappa shape index (κ1) is 19.4. The van der Waals surface area contributed by atoms with Crippen LogP contribution in [0.1, 0.15) is 26.2 Å². The average molecular weight is 342 g/mol. The van der Waals surface area contributed by atoms with Gasteiger partial charge in [0.05, 0.1) is 17.5 Å². The van der Waals surface area contributed by atoms with Gasteiger partial charge in [0.25, 0.3) is 0 Å². The minimum Gasteiger partial charge on any atom is -0.494 e. The van der Waals surface area contributed by atoms with Crippen molar-refractivity contribution >= 4 is 15.7 Å². The highest BCUT2D eigenvalue weighted by atomic mass is 32.2. The summed E-state index contributed by atoms with van der Waals surface area (Å²) >= 11 is 0. The molecular weight excluding hydrogens is 316 g/mol. The lowest BCUT2D eigenvalue weighted by atomic mass is 10.1. The number of hydrogen-bond donors (Lipinski definition) is 1. The maximum atomic E-state index is 11.9. The van der Waals surface area contributed by atoms with Gasteiger partial charge in [-0.1, -0.05) is 13.3 Å². The Hall–Kier alpha value is -1.60. The van der Waals surface area contributed by atoms with Crippen molar-refractivity contribution < 1.29 is 17.9 Å². The van der Waals surface area contributed by atoms with Gasteiger partial charge in [0.2, 0.25) is 5.91 Å². The number of nitrogens with two attached hydrogens (primary N) is 1. The van der Waals surface area contributed by atoms with Crippen LogP contribution in [0.3, 0.4) is 0 Å². The van der Waals surface area contributed by atoms with Gasteiger partial charge < -0.3 is 15.4 Å². The van der Waals surface area contributed by atoms with Gasteiger partial charge in [-0.2, -0.15) is 0 Å². The molecule has 130 valence electrons. The van der Waals surface area contributed by atoms with E-state index in [1.165, 1.54) is 18.4 Å². The maximum absolute atomic E-state index is 11.9. The van der Waals surface area contributed by atoms with E-state index in [0.29, 0.717) is 31.7 Å². The van der Waals surface area contributed by atoms with Crippen molar-refractivity contribution in [2.75, 3.05) is 26.5 Å². The predicted molar refractivity (Wildman–Crippen MR) is 90.2 cm³/mol. The van der Waals surface area contributed by atoms with Crippen molar-refractivity contribution in [2.45, 2.75) is 37.1 Å². The van der Waals surface area contributed by atoms with Crippen molar-refractivity contribution in [1.29, 1.82) is 0 Å². The molecule has 0 saturated carbocycles. The van der Waals surface area contributed by atoms with Crippen LogP contribution in [-0.4, -0.2) is 51.7 Å². The molecular formula is C16H26N2O4S. The first-order valence-corrected chi connectivity index (χ1v) is 9.58. The number of nitrogens with zero attached hydrogens (tertiary/aromatic N) is 1. The third-order valence-electron chi connectivity index (χ3n) is 3.45. The molecule has 1 amide bonds. The fraction of sp³-hybridized carbons (Fsp3) is 0.562. The molecule has 1 atom stereocenters. The average Bonchev–Trinajstić information content (AvgIpc) is 2.50. The van der Waals surface area contributed by atoms with E-state index >= 15 is 0 Å². The molecule has 0 aliphatic rings. The lowest BCUT2D eigenvalue weighted by Crippen LogP contribution is -2.42. The Bertz CT molecular complexity index is 599. The van der Waals surface area contributed by atoms with E-state index in [-0.39, 0.29) is 10.8 Å². The monoisotopic (exact) mass is 342 g/mol. The zero-order valence-corrected chi connectivity index (χ0v) is 14.8. The molecule has 23 heavy (non-hydrogen) atoms. The summed E-state index contributed by atoms with van der Waals surface area (Å²) in [7, 11) is -1.46. The molecule has 0 heterocycles. The molecule has 2 N–H and O–H groups in total. The number of carbonyl (C=O) groups excluding carboxylic acids is 1. The zero-order valence-electron chi connectivity index (χ0n) is 14.0. The fourth-order valence-corrected chi connectivity index (χ4v) is 2.73. The number of benzene rings is 1. The van der Waals surface area contributed by atoms with Crippen LogP contribution < -0.4 is 10.5 Å². The summed E-state index contributed by atoms with van der Waals surface area (Å²) in [6, 6.07) is 5.85. The highest BCUT2D eigenvalue weighted by Gasteiger charge is 2.16. The molecule has 6 nitrogen and oxygen atoms in total. The molecule has 0 saturated heterocycles. The van der Waals surface area contributed by atoms with Gasteiger partial charge in [-0.05, 0) is 37.1 Å². The van der Waals surface area contributed by atoms with Gasteiger partial charge in [0, 0.05) is 19.8 Å². The number of carbonyl (C=O) groups is 1. The fourth-order valence-electron chi connectivity index (χ4n) is 2.10. The number of likely N-dealkylation sites (N-methyl/N-ethyl adjacent to an activating group) is 1. The molecule has 0 spiro atoms. The van der Waals surface area contributed by atoms with Crippen LogP contribution in [0.5, 0.6) is 5.75 Å². The van der Waals surface area contributed by atoms with E-state index in [1.54, 1.807) is 24.1 Å². The van der Waals surface area contributed by atoms with Crippen molar-refractivity contribution in [3.63, 3.8) is 0 Å². The van der Waals surface area contributed by atoms with Crippen LogP contribution in [0.15, 0.2) is 29.2 Å². The molecule has 0 aliphatic carbocycles. The second-order valence-electron chi connectivity index (χ2n) is 5.60. The number of amides is 1. The largest absolute Gasteiger partial charge is 0.494 e. The molecule has 1 aromatic rings. The van der Waals surface area contributed by atoms with Crippen molar-refractivity contribution in [3.05, 3.63) is 24.3 Å². The minimum absolute atomic E-state index is 0.0515. The van der Waals surface area contributed by atoms with Crippen molar-refractivity contribution in [2.24, 2.45) is 5.73 Å². The highest BCUT2D eigenvalue weighted by Crippen LogP contribution is 2.15. The summed E-state index contributed by atoms with van der Waals surface area (Å²) < 4.78 is 28.3. The summed E-state index contributed by atoms with van der Waals surface area (Å²) in [4.78, 5) is 13.8. The maximum Gasteiger partial charge on any atom is 0.239 e. The van der Waals surface area contributed by atoms with Gasteiger partial charge in [-0.15, -0.1) is 0 Å². The summed E-state index contributed by atoms with van der Waals surface area (Å²) in [6.07, 6.45) is 3.41. The SMILES string of the molecule is CCCC(N)C(=O)N(C)CCCOc1ccc(S(C)(=O)=O)cc1. The van der Waals surface area contributed by atoms with E-state index in [4.69, 9.17) is 10.5 Å². The van der Waals surface area contributed by atoms with Crippen LogP contribution in [0.2, 0.25) is 0 Å². The summed E-state index contributed by atoms with van der Waals surface area (Å²) in [5.74, 6) is 0.554. The van der Waals surface area contributed by atoms with Crippen LogP contribution >= 0.6 is 0 Å². The number of ether oxygens (including phenoxy) is 1. The normalized spacial score (nSPS) is 12.7. The Morgan fingerprint density at radius 2 is 1.91 bits per heavy atom. The summed E-state index contributed by atoms with van der Waals surface area (Å²) in [6.45, 7) is 3.01. The topological polar surface area (TPSA) is 89.7 Å². The van der Waals surface area contributed by atoms with Gasteiger partial charge in [0.15, 0.2) is 9.84 Å². The first-order chi connectivity index (χ1) is 10.8. The standard InChI is InChI=1S/C16H26N2O4S/c1-4-6-15(17)16(19)18(2)11-5-12-22-13-7-9-14(10-8-13)23(3,20)21/h7-10,15H,4-6,11-12,17H2,1-3H3. The van der Waals surface area contributed by atoms with Gasteiger partial charge >= 0.3 is 0 Å². The Labute approximate surface area is 138 Å². The van der Waals surface area contributed by atoms with Crippen molar-refractivity contribution in [1.82, 2.24) is 4.90 Å². The molecule has 0 bridgehead atoms. The first-order valence-electron chi connectivity index (χ1n) is 7.69. The van der Waals surface area contributed by atoms with Gasteiger partial charge in [0.1, 0.15) is 5.75 Å².